The van der Waals surface area contributed by atoms with Gasteiger partial charge in [-0.05, 0) is 24.3 Å². The van der Waals surface area contributed by atoms with E-state index in [1.54, 1.807) is 24.3 Å². The molecule has 0 saturated carbocycles. The molecule has 0 atom stereocenters. The fourth-order valence-electron chi connectivity index (χ4n) is 2.61. The minimum Gasteiger partial charge on any atom is -0.486 e. The van der Waals surface area contributed by atoms with Crippen molar-refractivity contribution in [1.82, 2.24) is 0 Å². The minimum atomic E-state index is -0.282. The predicted molar refractivity (Wildman–Crippen MR) is 82.8 cm³/mol. The third kappa shape index (κ3) is 2.52. The Morgan fingerprint density at radius 3 is 2.17 bits per heavy atom. The molecule has 6 nitrogen and oxygen atoms in total. The molecule has 2 heterocycles. The first kappa shape index (κ1) is 13.8. The first-order valence-corrected chi connectivity index (χ1v) is 7.41. The van der Waals surface area contributed by atoms with E-state index in [1.165, 1.54) is 0 Å². The second-order valence-electron chi connectivity index (χ2n) is 5.11. The average Bonchev–Trinajstić information content (AvgIpc) is 2.61. The first-order chi connectivity index (χ1) is 11.3. The van der Waals surface area contributed by atoms with Crippen molar-refractivity contribution in [3.05, 3.63) is 42.0 Å². The lowest BCUT2D eigenvalue weighted by Crippen LogP contribution is -2.21. The Bertz CT molecular complexity index is 759. The lowest BCUT2D eigenvalue weighted by atomic mass is 10.1. The molecule has 1 N–H and O–H groups in total. The average molecular weight is 313 g/mol. The topological polar surface area (TPSA) is 66.0 Å². The number of hydrogen-bond donors (Lipinski definition) is 1. The number of nitrogens with one attached hydrogen (secondary N) is 1. The highest BCUT2D eigenvalue weighted by Gasteiger charge is 2.22. The van der Waals surface area contributed by atoms with Crippen molar-refractivity contribution >= 4 is 11.6 Å². The molecule has 6 heteroatoms. The van der Waals surface area contributed by atoms with Crippen molar-refractivity contribution in [3.8, 4) is 23.0 Å². The third-order valence-corrected chi connectivity index (χ3v) is 3.63. The van der Waals surface area contributed by atoms with Gasteiger partial charge in [0.15, 0.2) is 23.0 Å². The van der Waals surface area contributed by atoms with Crippen LogP contribution in [0.15, 0.2) is 36.4 Å². The molecule has 0 unspecified atom stereocenters. The Balaban J connectivity index is 1.64. The summed E-state index contributed by atoms with van der Waals surface area (Å²) in [7, 11) is 0. The highest BCUT2D eigenvalue weighted by atomic mass is 16.6. The summed E-state index contributed by atoms with van der Waals surface area (Å²) in [5, 5.41) is 2.86. The molecule has 118 valence electrons. The Kier molecular flexibility index (Phi) is 3.42. The van der Waals surface area contributed by atoms with E-state index >= 15 is 0 Å². The summed E-state index contributed by atoms with van der Waals surface area (Å²) in [5.41, 5.74) is 0.998. The number of benzene rings is 2. The number of hydrogen-bond acceptors (Lipinski definition) is 5. The van der Waals surface area contributed by atoms with Crippen LogP contribution in [0.4, 0.5) is 5.69 Å². The number of ether oxygens (including phenoxy) is 4. The normalized spacial score (nSPS) is 15.0. The monoisotopic (exact) mass is 313 g/mol. The molecule has 23 heavy (non-hydrogen) atoms. The standard InChI is InChI=1S/C17H15NO5/c19-17(11-3-1-5-13-15(11)22-9-7-20-13)18-12-4-2-6-14-16(12)23-10-8-21-14/h1-6H,7-10H2,(H,18,19). The summed E-state index contributed by atoms with van der Waals surface area (Å²) in [6, 6.07) is 10.7. The largest absolute Gasteiger partial charge is 0.486 e. The van der Waals surface area contributed by atoms with E-state index in [0.717, 1.165) is 0 Å². The van der Waals surface area contributed by atoms with E-state index < -0.39 is 0 Å². The summed E-state index contributed by atoms with van der Waals surface area (Å²) < 4.78 is 22.2. The number of carbonyl (C=O) groups is 1. The van der Waals surface area contributed by atoms with Gasteiger partial charge in [-0.1, -0.05) is 12.1 Å². The summed E-state index contributed by atoms with van der Waals surface area (Å²) in [5.74, 6) is 1.95. The number of rotatable bonds is 2. The summed E-state index contributed by atoms with van der Waals surface area (Å²) in [6.45, 7) is 1.86. The van der Waals surface area contributed by atoms with Crippen LogP contribution in [0.3, 0.4) is 0 Å². The van der Waals surface area contributed by atoms with Gasteiger partial charge in [0.2, 0.25) is 0 Å². The zero-order valence-corrected chi connectivity index (χ0v) is 12.3. The van der Waals surface area contributed by atoms with Crippen LogP contribution < -0.4 is 24.3 Å². The summed E-state index contributed by atoms with van der Waals surface area (Å²) in [4.78, 5) is 12.6. The number of carbonyl (C=O) groups excluding carboxylic acids is 1. The Hall–Kier alpha value is -2.89. The molecule has 0 fully saturated rings. The van der Waals surface area contributed by atoms with Crippen LogP contribution in [-0.4, -0.2) is 32.3 Å². The fourth-order valence-corrected chi connectivity index (χ4v) is 2.61. The molecule has 0 aliphatic carbocycles. The highest BCUT2D eigenvalue weighted by molar-refractivity contribution is 6.07. The van der Waals surface area contributed by atoms with Crippen molar-refractivity contribution in [3.63, 3.8) is 0 Å². The van der Waals surface area contributed by atoms with Gasteiger partial charge in [0.1, 0.15) is 26.4 Å². The SMILES string of the molecule is O=C(Nc1cccc2c1OCCO2)c1cccc2c1OCCO2. The molecule has 0 radical (unpaired) electrons. The van der Waals surface area contributed by atoms with Gasteiger partial charge in [0, 0.05) is 0 Å². The maximum Gasteiger partial charge on any atom is 0.259 e. The highest BCUT2D eigenvalue weighted by Crippen LogP contribution is 2.38. The lowest BCUT2D eigenvalue weighted by molar-refractivity contribution is 0.101. The molecule has 0 saturated heterocycles. The molecule has 2 aliphatic heterocycles. The van der Waals surface area contributed by atoms with Crippen LogP contribution in [0.2, 0.25) is 0 Å². The van der Waals surface area contributed by atoms with E-state index in [0.29, 0.717) is 60.7 Å². The van der Waals surface area contributed by atoms with Gasteiger partial charge in [-0.15, -0.1) is 0 Å². The summed E-state index contributed by atoms with van der Waals surface area (Å²) in [6.07, 6.45) is 0. The molecule has 1 amide bonds. The summed E-state index contributed by atoms with van der Waals surface area (Å²) >= 11 is 0. The molecular formula is C17H15NO5. The first-order valence-electron chi connectivity index (χ1n) is 7.41. The minimum absolute atomic E-state index is 0.282. The van der Waals surface area contributed by atoms with Gasteiger partial charge in [-0.3, -0.25) is 4.79 Å². The molecule has 2 aliphatic rings. The molecule has 2 aromatic carbocycles. The van der Waals surface area contributed by atoms with Crippen LogP contribution in [0.25, 0.3) is 0 Å². The predicted octanol–water partition coefficient (Wildman–Crippen LogP) is 2.48. The van der Waals surface area contributed by atoms with E-state index in [2.05, 4.69) is 5.32 Å². The number of para-hydroxylation sites is 2. The van der Waals surface area contributed by atoms with E-state index in [1.807, 2.05) is 12.1 Å². The Morgan fingerprint density at radius 1 is 0.783 bits per heavy atom. The molecule has 0 aromatic heterocycles. The second kappa shape index (κ2) is 5.72. The van der Waals surface area contributed by atoms with Crippen molar-refractivity contribution in [2.24, 2.45) is 0 Å². The van der Waals surface area contributed by atoms with Crippen LogP contribution in [0.5, 0.6) is 23.0 Å². The van der Waals surface area contributed by atoms with Gasteiger partial charge >= 0.3 is 0 Å². The van der Waals surface area contributed by atoms with Gasteiger partial charge < -0.3 is 24.3 Å². The molecule has 4 rings (SSSR count). The van der Waals surface area contributed by atoms with Crippen molar-refractivity contribution < 1.29 is 23.7 Å². The number of amides is 1. The van der Waals surface area contributed by atoms with Crippen LogP contribution in [0.1, 0.15) is 10.4 Å². The molecule has 2 aromatic rings. The van der Waals surface area contributed by atoms with Crippen LogP contribution in [-0.2, 0) is 0 Å². The molecule has 0 bridgehead atoms. The zero-order valence-electron chi connectivity index (χ0n) is 12.3. The Labute approximate surface area is 132 Å². The fraction of sp³-hybridized carbons (Fsp3) is 0.235. The molecular weight excluding hydrogens is 298 g/mol. The van der Waals surface area contributed by atoms with Crippen molar-refractivity contribution in [2.75, 3.05) is 31.7 Å². The third-order valence-electron chi connectivity index (χ3n) is 3.63. The van der Waals surface area contributed by atoms with Crippen LogP contribution in [0, 0.1) is 0 Å². The Morgan fingerprint density at radius 2 is 1.39 bits per heavy atom. The molecule has 0 spiro atoms. The van der Waals surface area contributed by atoms with Gasteiger partial charge in [-0.2, -0.15) is 0 Å². The second-order valence-corrected chi connectivity index (χ2v) is 5.11. The zero-order chi connectivity index (χ0) is 15.6. The number of anilines is 1. The van der Waals surface area contributed by atoms with Crippen molar-refractivity contribution in [2.45, 2.75) is 0 Å². The quantitative estimate of drug-likeness (QED) is 0.922. The lowest BCUT2D eigenvalue weighted by Gasteiger charge is -2.22. The van der Waals surface area contributed by atoms with Crippen molar-refractivity contribution in [1.29, 1.82) is 0 Å². The van der Waals surface area contributed by atoms with Gasteiger partial charge in [-0.25, -0.2) is 0 Å². The maximum atomic E-state index is 12.6. The van der Waals surface area contributed by atoms with Gasteiger partial charge in [0.25, 0.3) is 5.91 Å². The number of fused-ring (bicyclic) bond motifs is 2. The van der Waals surface area contributed by atoms with E-state index in [-0.39, 0.29) is 5.91 Å². The van der Waals surface area contributed by atoms with E-state index in [9.17, 15) is 4.79 Å². The van der Waals surface area contributed by atoms with E-state index in [4.69, 9.17) is 18.9 Å². The maximum absolute atomic E-state index is 12.6. The smallest absolute Gasteiger partial charge is 0.259 e. The van der Waals surface area contributed by atoms with Gasteiger partial charge in [0.05, 0.1) is 11.3 Å². The van der Waals surface area contributed by atoms with Crippen LogP contribution >= 0.6 is 0 Å².